The molecule has 2 aromatic rings. The highest BCUT2D eigenvalue weighted by molar-refractivity contribution is 5.94. The number of benzene rings is 1. The maximum atomic E-state index is 13.7. The zero-order valence-electron chi connectivity index (χ0n) is 15.5. The normalized spacial score (nSPS) is 23.8. The Bertz CT molecular complexity index is 1030. The Kier molecular flexibility index (Phi) is 3.82. The van der Waals surface area contributed by atoms with Gasteiger partial charge in [0.2, 0.25) is 0 Å². The third kappa shape index (κ3) is 2.72. The van der Waals surface area contributed by atoms with Crippen LogP contribution >= 0.6 is 0 Å². The van der Waals surface area contributed by atoms with Crippen molar-refractivity contribution in [1.82, 2.24) is 14.9 Å². The predicted octanol–water partition coefficient (Wildman–Crippen LogP) is 2.61. The van der Waals surface area contributed by atoms with E-state index < -0.39 is 11.6 Å². The van der Waals surface area contributed by atoms with E-state index in [1.54, 1.807) is 4.90 Å². The zero-order chi connectivity index (χ0) is 19.5. The van der Waals surface area contributed by atoms with E-state index in [-0.39, 0.29) is 22.4 Å². The van der Waals surface area contributed by atoms with Gasteiger partial charge in [-0.05, 0) is 56.7 Å². The van der Waals surface area contributed by atoms with Gasteiger partial charge in [-0.3, -0.25) is 9.59 Å². The van der Waals surface area contributed by atoms with Gasteiger partial charge < -0.3 is 15.0 Å². The van der Waals surface area contributed by atoms with Crippen molar-refractivity contribution in [1.29, 1.82) is 0 Å². The molecular weight excluding hydrogens is 361 g/mol. The minimum Gasteiger partial charge on any atom is -0.505 e. The van der Waals surface area contributed by atoms with Gasteiger partial charge in [0, 0.05) is 35.5 Å². The van der Waals surface area contributed by atoms with Crippen molar-refractivity contribution in [3.8, 4) is 5.75 Å². The SMILES string of the molecule is O=C(c1ccc(O)c(F)c1)N1CCCC2(CCc3c2nc(C2CC2)[nH]c3=O)C1. The molecule has 3 aliphatic rings. The minimum atomic E-state index is -0.800. The molecule has 6 nitrogen and oxygen atoms in total. The van der Waals surface area contributed by atoms with E-state index in [0.717, 1.165) is 55.3 Å². The second-order valence-electron chi connectivity index (χ2n) is 8.33. The lowest BCUT2D eigenvalue weighted by Crippen LogP contribution is -2.48. The van der Waals surface area contributed by atoms with Gasteiger partial charge in [-0.25, -0.2) is 9.37 Å². The molecule has 2 heterocycles. The molecule has 2 aliphatic carbocycles. The number of hydrogen-bond donors (Lipinski definition) is 2. The summed E-state index contributed by atoms with van der Waals surface area (Å²) in [7, 11) is 0. The Balaban J connectivity index is 1.47. The van der Waals surface area contributed by atoms with Crippen LogP contribution in [0.25, 0.3) is 0 Å². The second-order valence-corrected chi connectivity index (χ2v) is 8.33. The summed E-state index contributed by atoms with van der Waals surface area (Å²) in [4.78, 5) is 35.1. The van der Waals surface area contributed by atoms with Crippen LogP contribution in [0, 0.1) is 5.82 Å². The molecule has 1 aromatic heterocycles. The molecule has 1 unspecified atom stereocenters. The van der Waals surface area contributed by atoms with Crippen molar-refractivity contribution in [2.45, 2.75) is 49.9 Å². The highest BCUT2D eigenvalue weighted by Gasteiger charge is 2.46. The van der Waals surface area contributed by atoms with Gasteiger partial charge in [0.1, 0.15) is 5.82 Å². The molecule has 1 atom stereocenters. The third-order valence-electron chi connectivity index (χ3n) is 6.41. The van der Waals surface area contributed by atoms with Crippen LogP contribution < -0.4 is 5.56 Å². The van der Waals surface area contributed by atoms with E-state index >= 15 is 0 Å². The number of amides is 1. The summed E-state index contributed by atoms with van der Waals surface area (Å²) in [6.45, 7) is 1.08. The zero-order valence-corrected chi connectivity index (χ0v) is 15.5. The summed E-state index contributed by atoms with van der Waals surface area (Å²) in [6, 6.07) is 3.73. The van der Waals surface area contributed by atoms with E-state index in [1.807, 2.05) is 0 Å². The number of nitrogens with one attached hydrogen (secondary N) is 1. The lowest BCUT2D eigenvalue weighted by atomic mass is 9.77. The van der Waals surface area contributed by atoms with Crippen molar-refractivity contribution in [3.05, 3.63) is 57.0 Å². The second kappa shape index (κ2) is 6.15. The van der Waals surface area contributed by atoms with Crippen LogP contribution in [0.4, 0.5) is 4.39 Å². The maximum Gasteiger partial charge on any atom is 0.254 e. The van der Waals surface area contributed by atoms with Crippen molar-refractivity contribution in [3.63, 3.8) is 0 Å². The molecule has 1 aliphatic heterocycles. The Morgan fingerprint density at radius 2 is 2.14 bits per heavy atom. The van der Waals surface area contributed by atoms with Crippen molar-refractivity contribution < 1.29 is 14.3 Å². The van der Waals surface area contributed by atoms with Crippen molar-refractivity contribution in [2.24, 2.45) is 0 Å². The standard InChI is InChI=1S/C21H22FN3O3/c22-15-10-13(4-5-16(15)26)20(28)25-9-1-7-21(11-25)8-6-14-17(21)23-18(12-2-3-12)24-19(14)27/h4-5,10,12,26H,1-3,6-9,11H2,(H,23,24,27). The lowest BCUT2D eigenvalue weighted by Gasteiger charge is -2.40. The largest absolute Gasteiger partial charge is 0.505 e. The summed E-state index contributed by atoms with van der Waals surface area (Å²) in [6.07, 6.45) is 5.32. The number of rotatable bonds is 2. The average molecular weight is 383 g/mol. The molecule has 1 spiro atoms. The Morgan fingerprint density at radius 1 is 1.32 bits per heavy atom. The average Bonchev–Trinajstić information content (AvgIpc) is 3.48. The van der Waals surface area contributed by atoms with E-state index in [0.29, 0.717) is 25.4 Å². The number of phenolic OH excluding ortho intramolecular Hbond substituents is 1. The van der Waals surface area contributed by atoms with Gasteiger partial charge in [0.15, 0.2) is 11.6 Å². The number of halogens is 1. The number of aromatic hydroxyl groups is 1. The van der Waals surface area contributed by atoms with Crippen molar-refractivity contribution >= 4 is 5.91 Å². The number of phenols is 1. The van der Waals surface area contributed by atoms with Crippen molar-refractivity contribution in [2.75, 3.05) is 13.1 Å². The number of hydrogen-bond acceptors (Lipinski definition) is 4. The summed E-state index contributed by atoms with van der Waals surface area (Å²) >= 11 is 0. The smallest absolute Gasteiger partial charge is 0.254 e. The molecule has 1 saturated carbocycles. The van der Waals surface area contributed by atoms with Gasteiger partial charge in [0.05, 0.1) is 5.69 Å². The van der Waals surface area contributed by atoms with Crippen LogP contribution in [0.1, 0.15) is 65.5 Å². The van der Waals surface area contributed by atoms with Gasteiger partial charge in [0.25, 0.3) is 11.5 Å². The number of nitrogens with zero attached hydrogens (tertiary/aromatic N) is 2. The number of H-pyrrole nitrogens is 1. The molecule has 146 valence electrons. The predicted molar refractivity (Wildman–Crippen MR) is 100 cm³/mol. The van der Waals surface area contributed by atoms with Gasteiger partial charge in [-0.15, -0.1) is 0 Å². The number of aromatic nitrogens is 2. The molecule has 5 rings (SSSR count). The topological polar surface area (TPSA) is 86.3 Å². The maximum absolute atomic E-state index is 13.7. The fraction of sp³-hybridized carbons (Fsp3) is 0.476. The lowest BCUT2D eigenvalue weighted by molar-refractivity contribution is 0.0632. The molecule has 7 heteroatoms. The first-order valence-corrected chi connectivity index (χ1v) is 9.88. The molecule has 28 heavy (non-hydrogen) atoms. The quantitative estimate of drug-likeness (QED) is 0.835. The van der Waals surface area contributed by atoms with Gasteiger partial charge in [-0.2, -0.15) is 0 Å². The molecule has 2 N–H and O–H groups in total. The summed E-state index contributed by atoms with van der Waals surface area (Å²) in [5, 5.41) is 9.37. The molecule has 2 fully saturated rings. The van der Waals surface area contributed by atoms with Gasteiger partial charge in [-0.1, -0.05) is 0 Å². The molecule has 1 aromatic carbocycles. The number of aromatic amines is 1. The van der Waals surface area contributed by atoms with Crippen LogP contribution in [-0.2, 0) is 11.8 Å². The molecule has 0 bridgehead atoms. The summed E-state index contributed by atoms with van der Waals surface area (Å²) in [5.74, 6) is -0.372. The van der Waals surface area contributed by atoms with Crippen LogP contribution in [0.15, 0.2) is 23.0 Å². The highest BCUT2D eigenvalue weighted by Crippen LogP contribution is 2.45. The first-order chi connectivity index (χ1) is 13.5. The van der Waals surface area contributed by atoms with E-state index in [4.69, 9.17) is 4.98 Å². The highest BCUT2D eigenvalue weighted by atomic mass is 19.1. The van der Waals surface area contributed by atoms with Crippen LogP contribution in [0.5, 0.6) is 5.75 Å². The van der Waals surface area contributed by atoms with E-state index in [1.165, 1.54) is 12.1 Å². The van der Waals surface area contributed by atoms with Gasteiger partial charge >= 0.3 is 0 Å². The third-order valence-corrected chi connectivity index (χ3v) is 6.41. The fourth-order valence-electron chi connectivity index (χ4n) is 4.74. The monoisotopic (exact) mass is 383 g/mol. The van der Waals surface area contributed by atoms with E-state index in [2.05, 4.69) is 4.98 Å². The first kappa shape index (κ1) is 17.4. The van der Waals surface area contributed by atoms with Crippen LogP contribution in [0.2, 0.25) is 0 Å². The number of carbonyl (C=O) groups excluding carboxylic acids is 1. The van der Waals surface area contributed by atoms with Crippen LogP contribution in [-0.4, -0.2) is 39.0 Å². The number of carbonyl (C=O) groups is 1. The molecule has 1 amide bonds. The Morgan fingerprint density at radius 3 is 2.89 bits per heavy atom. The molecule has 1 saturated heterocycles. The fourth-order valence-corrected chi connectivity index (χ4v) is 4.74. The molecule has 0 radical (unpaired) electrons. The summed E-state index contributed by atoms with van der Waals surface area (Å²) < 4.78 is 13.7. The van der Waals surface area contributed by atoms with E-state index in [9.17, 15) is 19.1 Å². The first-order valence-electron chi connectivity index (χ1n) is 9.88. The number of likely N-dealkylation sites (tertiary alicyclic amines) is 1. The Hall–Kier alpha value is -2.70. The molecular formula is C21H22FN3O3. The Labute approximate surface area is 161 Å². The van der Waals surface area contributed by atoms with Crippen LogP contribution in [0.3, 0.4) is 0 Å². The number of fused-ring (bicyclic) bond motifs is 2. The minimum absolute atomic E-state index is 0.0344. The number of piperidine rings is 1. The summed E-state index contributed by atoms with van der Waals surface area (Å²) in [5.41, 5.74) is 1.52.